The first-order chi connectivity index (χ1) is 9.88. The molecular weight excluding hydrogens is 250 g/mol. The van der Waals surface area contributed by atoms with Crippen LogP contribution >= 0.6 is 0 Å². The normalized spacial score (nSPS) is 18.6. The molecule has 3 rings (SSSR count). The number of aliphatic hydroxyl groups excluding tert-OH is 1. The molecule has 20 heavy (non-hydrogen) atoms. The highest BCUT2D eigenvalue weighted by molar-refractivity contribution is 5.20. The summed E-state index contributed by atoms with van der Waals surface area (Å²) in [4.78, 5) is 0. The molecule has 0 radical (unpaired) electrons. The van der Waals surface area contributed by atoms with Gasteiger partial charge in [-0.2, -0.15) is 0 Å². The number of aromatic nitrogens is 3. The molecule has 4 heteroatoms. The van der Waals surface area contributed by atoms with E-state index < -0.39 is 0 Å². The lowest BCUT2D eigenvalue weighted by Gasteiger charge is -2.14. The lowest BCUT2D eigenvalue weighted by atomic mass is 9.92. The van der Waals surface area contributed by atoms with Crippen molar-refractivity contribution in [1.82, 2.24) is 14.8 Å². The Morgan fingerprint density at radius 2 is 2.00 bits per heavy atom. The average molecular weight is 271 g/mol. The van der Waals surface area contributed by atoms with Crippen LogP contribution in [-0.2, 0) is 19.4 Å². The van der Waals surface area contributed by atoms with E-state index in [0.717, 1.165) is 50.3 Å². The second-order valence-corrected chi connectivity index (χ2v) is 5.45. The molecule has 2 heterocycles. The second kappa shape index (κ2) is 6.18. The number of rotatable bonds is 4. The fraction of sp³-hybridized carbons (Fsp3) is 0.500. The predicted molar refractivity (Wildman–Crippen MR) is 77.5 cm³/mol. The van der Waals surface area contributed by atoms with Crippen LogP contribution in [0.5, 0.6) is 0 Å². The van der Waals surface area contributed by atoms with Crippen LogP contribution in [0.1, 0.15) is 42.4 Å². The van der Waals surface area contributed by atoms with Crippen LogP contribution in [0.15, 0.2) is 30.3 Å². The van der Waals surface area contributed by atoms with Gasteiger partial charge in [0.1, 0.15) is 11.6 Å². The Morgan fingerprint density at radius 1 is 1.15 bits per heavy atom. The van der Waals surface area contributed by atoms with Gasteiger partial charge in [-0.05, 0) is 30.7 Å². The number of hydrogen-bond donors (Lipinski definition) is 1. The van der Waals surface area contributed by atoms with Crippen molar-refractivity contribution in [3.63, 3.8) is 0 Å². The molecular formula is C16H21N3O. The van der Waals surface area contributed by atoms with Gasteiger partial charge in [0.2, 0.25) is 0 Å². The smallest absolute Gasteiger partial charge is 0.133 e. The van der Waals surface area contributed by atoms with E-state index in [1.54, 1.807) is 0 Å². The minimum atomic E-state index is 0.217. The number of fused-ring (bicyclic) bond motifs is 1. The van der Waals surface area contributed by atoms with Gasteiger partial charge in [0.05, 0.1) is 0 Å². The Kier molecular flexibility index (Phi) is 4.11. The molecule has 0 fully saturated rings. The minimum Gasteiger partial charge on any atom is -0.396 e. The van der Waals surface area contributed by atoms with Crippen LogP contribution in [0, 0.1) is 0 Å². The third-order valence-electron chi connectivity index (χ3n) is 4.15. The SMILES string of the molecule is OCCCc1nnc2n1CCC(c1ccccc1)CC2. The Bertz CT molecular complexity index is 550. The fourth-order valence-corrected chi connectivity index (χ4v) is 3.03. The molecule has 1 aromatic heterocycles. The maximum atomic E-state index is 8.96. The Labute approximate surface area is 119 Å². The van der Waals surface area contributed by atoms with E-state index in [2.05, 4.69) is 45.1 Å². The Balaban J connectivity index is 1.74. The third kappa shape index (κ3) is 2.75. The fourth-order valence-electron chi connectivity index (χ4n) is 3.03. The van der Waals surface area contributed by atoms with Gasteiger partial charge in [-0.15, -0.1) is 10.2 Å². The molecule has 0 spiro atoms. The summed E-state index contributed by atoms with van der Waals surface area (Å²) in [5.41, 5.74) is 1.43. The summed E-state index contributed by atoms with van der Waals surface area (Å²) in [6.45, 7) is 1.21. The van der Waals surface area contributed by atoms with Gasteiger partial charge in [-0.25, -0.2) is 0 Å². The van der Waals surface area contributed by atoms with Crippen molar-refractivity contribution in [2.75, 3.05) is 6.61 Å². The summed E-state index contributed by atoms with van der Waals surface area (Å²) in [5.74, 6) is 2.75. The van der Waals surface area contributed by atoms with Gasteiger partial charge in [0.15, 0.2) is 0 Å². The van der Waals surface area contributed by atoms with Crippen LogP contribution in [0.2, 0.25) is 0 Å². The zero-order chi connectivity index (χ0) is 13.8. The molecule has 0 aliphatic carbocycles. The van der Waals surface area contributed by atoms with Crippen molar-refractivity contribution < 1.29 is 5.11 Å². The molecule has 2 aromatic rings. The molecule has 1 N–H and O–H groups in total. The van der Waals surface area contributed by atoms with Crippen LogP contribution in [0.3, 0.4) is 0 Å². The van der Waals surface area contributed by atoms with Crippen molar-refractivity contribution in [3.8, 4) is 0 Å². The van der Waals surface area contributed by atoms with Gasteiger partial charge in [0, 0.05) is 26.0 Å². The van der Waals surface area contributed by atoms with Crippen molar-refractivity contribution >= 4 is 0 Å². The number of hydrogen-bond acceptors (Lipinski definition) is 3. The van der Waals surface area contributed by atoms with Crippen LogP contribution in [0.4, 0.5) is 0 Å². The monoisotopic (exact) mass is 271 g/mol. The molecule has 1 aliphatic heterocycles. The van der Waals surface area contributed by atoms with Gasteiger partial charge >= 0.3 is 0 Å². The highest BCUT2D eigenvalue weighted by atomic mass is 16.2. The maximum absolute atomic E-state index is 8.96. The largest absolute Gasteiger partial charge is 0.396 e. The quantitative estimate of drug-likeness (QED) is 0.928. The second-order valence-electron chi connectivity index (χ2n) is 5.45. The van der Waals surface area contributed by atoms with E-state index in [0.29, 0.717) is 5.92 Å². The van der Waals surface area contributed by atoms with E-state index >= 15 is 0 Å². The van der Waals surface area contributed by atoms with E-state index in [-0.39, 0.29) is 6.61 Å². The Hall–Kier alpha value is -1.68. The molecule has 1 unspecified atom stereocenters. The van der Waals surface area contributed by atoms with Crippen molar-refractivity contribution in [3.05, 3.63) is 47.5 Å². The van der Waals surface area contributed by atoms with E-state index in [1.807, 2.05) is 0 Å². The van der Waals surface area contributed by atoms with Crippen LogP contribution < -0.4 is 0 Å². The van der Waals surface area contributed by atoms with Crippen molar-refractivity contribution in [2.24, 2.45) is 0 Å². The minimum absolute atomic E-state index is 0.217. The zero-order valence-corrected chi connectivity index (χ0v) is 11.7. The zero-order valence-electron chi connectivity index (χ0n) is 11.7. The lowest BCUT2D eigenvalue weighted by Crippen LogP contribution is -2.07. The van der Waals surface area contributed by atoms with E-state index in [9.17, 15) is 0 Å². The summed E-state index contributed by atoms with van der Waals surface area (Å²) in [6, 6.07) is 10.8. The number of aliphatic hydroxyl groups is 1. The van der Waals surface area contributed by atoms with E-state index in [4.69, 9.17) is 5.11 Å². The summed E-state index contributed by atoms with van der Waals surface area (Å²) in [7, 11) is 0. The summed E-state index contributed by atoms with van der Waals surface area (Å²) in [5, 5.41) is 17.6. The van der Waals surface area contributed by atoms with Gasteiger partial charge in [0.25, 0.3) is 0 Å². The number of benzene rings is 1. The molecule has 4 nitrogen and oxygen atoms in total. The molecule has 0 saturated heterocycles. The first kappa shape index (κ1) is 13.3. The van der Waals surface area contributed by atoms with Gasteiger partial charge < -0.3 is 9.67 Å². The molecule has 106 valence electrons. The van der Waals surface area contributed by atoms with E-state index in [1.165, 1.54) is 5.56 Å². The van der Waals surface area contributed by atoms with Gasteiger partial charge in [-0.1, -0.05) is 30.3 Å². The molecule has 0 saturated carbocycles. The highest BCUT2D eigenvalue weighted by Gasteiger charge is 2.20. The molecule has 1 aromatic carbocycles. The van der Waals surface area contributed by atoms with Crippen molar-refractivity contribution in [1.29, 1.82) is 0 Å². The molecule has 1 atom stereocenters. The first-order valence-corrected chi connectivity index (χ1v) is 7.45. The number of aryl methyl sites for hydroxylation is 2. The topological polar surface area (TPSA) is 50.9 Å². The summed E-state index contributed by atoms with van der Waals surface area (Å²) < 4.78 is 2.26. The Morgan fingerprint density at radius 3 is 2.80 bits per heavy atom. The standard InChI is InChI=1S/C16H21N3O/c20-12-4-7-15-17-18-16-9-8-14(10-11-19(15)16)13-5-2-1-3-6-13/h1-3,5-6,14,20H,4,7-12H2. The molecule has 0 amide bonds. The lowest BCUT2D eigenvalue weighted by molar-refractivity contribution is 0.286. The molecule has 1 aliphatic rings. The summed E-state index contributed by atoms with van der Waals surface area (Å²) in [6.07, 6.45) is 4.86. The summed E-state index contributed by atoms with van der Waals surface area (Å²) >= 11 is 0. The third-order valence-corrected chi connectivity index (χ3v) is 4.15. The first-order valence-electron chi connectivity index (χ1n) is 7.45. The maximum Gasteiger partial charge on any atom is 0.133 e. The number of nitrogens with zero attached hydrogens (tertiary/aromatic N) is 3. The predicted octanol–water partition coefficient (Wildman–Crippen LogP) is 2.32. The average Bonchev–Trinajstić information content (AvgIpc) is 2.75. The molecule has 0 bridgehead atoms. The van der Waals surface area contributed by atoms with Crippen molar-refractivity contribution in [2.45, 2.75) is 44.6 Å². The van der Waals surface area contributed by atoms with Crippen LogP contribution in [0.25, 0.3) is 0 Å². The highest BCUT2D eigenvalue weighted by Crippen LogP contribution is 2.29. The van der Waals surface area contributed by atoms with Crippen LogP contribution in [-0.4, -0.2) is 26.5 Å². The van der Waals surface area contributed by atoms with Gasteiger partial charge in [-0.3, -0.25) is 0 Å².